The smallest absolute Gasteiger partial charge is 0.258 e. The van der Waals surface area contributed by atoms with Crippen molar-refractivity contribution in [2.75, 3.05) is 29.5 Å². The molecule has 2 aromatic carbocycles. The Bertz CT molecular complexity index is 876. The van der Waals surface area contributed by atoms with Crippen LogP contribution in [0.2, 0.25) is 0 Å². The fourth-order valence-corrected chi connectivity index (χ4v) is 3.31. The van der Waals surface area contributed by atoms with Crippen LogP contribution in [0.1, 0.15) is 15.9 Å². The van der Waals surface area contributed by atoms with Gasteiger partial charge in [0.1, 0.15) is 5.75 Å². The molecule has 0 radical (unpaired) electrons. The van der Waals surface area contributed by atoms with E-state index in [1.807, 2.05) is 6.07 Å². The molecule has 2 aromatic rings. The highest BCUT2D eigenvalue weighted by molar-refractivity contribution is 7.92. The molecular formula is C17H18N2O4S. The van der Waals surface area contributed by atoms with E-state index in [0.29, 0.717) is 23.5 Å². The number of hydrogen-bond acceptors (Lipinski definition) is 4. The van der Waals surface area contributed by atoms with Crippen molar-refractivity contribution in [2.24, 2.45) is 0 Å². The maximum atomic E-state index is 12.8. The van der Waals surface area contributed by atoms with E-state index >= 15 is 0 Å². The molecule has 126 valence electrons. The van der Waals surface area contributed by atoms with Crippen LogP contribution in [0.4, 0.5) is 11.4 Å². The first-order chi connectivity index (χ1) is 11.4. The summed E-state index contributed by atoms with van der Waals surface area (Å²) in [5, 5.41) is 0. The lowest BCUT2D eigenvalue weighted by molar-refractivity contribution is 0.0989. The molecule has 7 heteroatoms. The van der Waals surface area contributed by atoms with Crippen molar-refractivity contribution in [3.05, 3.63) is 53.6 Å². The number of carbonyl (C=O) groups is 1. The molecule has 0 atom stereocenters. The average Bonchev–Trinajstić information content (AvgIpc) is 2.96. The van der Waals surface area contributed by atoms with E-state index in [1.165, 1.54) is 0 Å². The molecule has 0 bridgehead atoms. The third kappa shape index (κ3) is 3.35. The minimum atomic E-state index is -3.36. The number of amides is 1. The second-order valence-corrected chi connectivity index (χ2v) is 7.40. The lowest BCUT2D eigenvalue weighted by Gasteiger charge is -2.18. The predicted molar refractivity (Wildman–Crippen MR) is 93.3 cm³/mol. The number of hydrogen-bond donors (Lipinski definition) is 1. The summed E-state index contributed by atoms with van der Waals surface area (Å²) in [5.74, 6) is 0.570. The number of nitrogens with one attached hydrogen (secondary N) is 1. The van der Waals surface area contributed by atoms with Crippen LogP contribution in [-0.2, 0) is 16.4 Å². The highest BCUT2D eigenvalue weighted by Gasteiger charge is 2.26. The van der Waals surface area contributed by atoms with E-state index in [4.69, 9.17) is 4.74 Å². The number of methoxy groups -OCH3 is 1. The topological polar surface area (TPSA) is 75.7 Å². The van der Waals surface area contributed by atoms with Crippen molar-refractivity contribution < 1.29 is 17.9 Å². The van der Waals surface area contributed by atoms with Crippen LogP contribution in [0.5, 0.6) is 5.75 Å². The Morgan fingerprint density at radius 2 is 1.88 bits per heavy atom. The van der Waals surface area contributed by atoms with Gasteiger partial charge < -0.3 is 9.64 Å². The number of nitrogens with zero attached hydrogens (tertiary/aromatic N) is 1. The lowest BCUT2D eigenvalue weighted by atomic mass is 10.1. The van der Waals surface area contributed by atoms with Gasteiger partial charge in [-0.1, -0.05) is 6.07 Å². The van der Waals surface area contributed by atoms with Gasteiger partial charge >= 0.3 is 0 Å². The van der Waals surface area contributed by atoms with E-state index in [0.717, 1.165) is 23.9 Å². The molecule has 0 unspecified atom stereocenters. The fraction of sp³-hybridized carbons (Fsp3) is 0.235. The van der Waals surface area contributed by atoms with Crippen molar-refractivity contribution in [2.45, 2.75) is 6.42 Å². The Morgan fingerprint density at radius 3 is 2.50 bits per heavy atom. The molecule has 6 nitrogen and oxygen atoms in total. The van der Waals surface area contributed by atoms with Gasteiger partial charge in [-0.2, -0.15) is 0 Å². The summed E-state index contributed by atoms with van der Waals surface area (Å²) in [7, 11) is -1.79. The largest absolute Gasteiger partial charge is 0.497 e. The summed E-state index contributed by atoms with van der Waals surface area (Å²) in [6.45, 7) is 0.572. The SMILES string of the molecule is COc1ccc(C(=O)N2CCc3ccc(NS(C)(=O)=O)cc32)cc1. The van der Waals surface area contributed by atoms with Crippen LogP contribution < -0.4 is 14.4 Å². The molecule has 1 heterocycles. The molecule has 0 saturated heterocycles. The summed E-state index contributed by atoms with van der Waals surface area (Å²) in [5.41, 5.74) is 2.77. The van der Waals surface area contributed by atoms with E-state index in [9.17, 15) is 13.2 Å². The molecule has 1 aliphatic heterocycles. The van der Waals surface area contributed by atoms with Crippen molar-refractivity contribution >= 4 is 27.3 Å². The third-order valence-corrected chi connectivity index (χ3v) is 4.47. The zero-order valence-corrected chi connectivity index (χ0v) is 14.3. The summed E-state index contributed by atoms with van der Waals surface area (Å²) in [4.78, 5) is 14.4. The number of rotatable bonds is 4. The zero-order valence-electron chi connectivity index (χ0n) is 13.4. The van der Waals surface area contributed by atoms with Gasteiger partial charge in [-0.15, -0.1) is 0 Å². The summed E-state index contributed by atoms with van der Waals surface area (Å²) in [6.07, 6.45) is 1.84. The second kappa shape index (κ2) is 6.16. The van der Waals surface area contributed by atoms with Crippen LogP contribution >= 0.6 is 0 Å². The van der Waals surface area contributed by atoms with Gasteiger partial charge in [0.15, 0.2) is 0 Å². The van der Waals surface area contributed by atoms with Gasteiger partial charge in [-0.05, 0) is 48.4 Å². The van der Waals surface area contributed by atoms with Crippen molar-refractivity contribution in [1.29, 1.82) is 0 Å². The molecule has 0 saturated carbocycles. The minimum absolute atomic E-state index is 0.118. The first-order valence-corrected chi connectivity index (χ1v) is 9.33. The standard InChI is InChI=1S/C17H18N2O4S/c1-23-15-7-4-13(5-8-15)17(20)19-10-9-12-3-6-14(11-16(12)19)18-24(2,21)22/h3-8,11,18H,9-10H2,1-2H3. The number of fused-ring (bicyclic) bond motifs is 1. The monoisotopic (exact) mass is 346 g/mol. The van der Waals surface area contributed by atoms with Gasteiger partial charge in [-0.25, -0.2) is 8.42 Å². The molecule has 0 aromatic heterocycles. The first kappa shape index (κ1) is 16.3. The normalized spacial score (nSPS) is 13.5. The fourth-order valence-electron chi connectivity index (χ4n) is 2.76. The Balaban J connectivity index is 1.89. The lowest BCUT2D eigenvalue weighted by Crippen LogP contribution is -2.28. The van der Waals surface area contributed by atoms with Crippen molar-refractivity contribution in [1.82, 2.24) is 0 Å². The molecular weight excluding hydrogens is 328 g/mol. The maximum Gasteiger partial charge on any atom is 0.258 e. The van der Waals surface area contributed by atoms with Crippen LogP contribution in [0, 0.1) is 0 Å². The van der Waals surface area contributed by atoms with Crippen LogP contribution in [-0.4, -0.2) is 34.2 Å². The molecule has 0 fully saturated rings. The Morgan fingerprint density at radius 1 is 1.17 bits per heavy atom. The Hall–Kier alpha value is -2.54. The molecule has 24 heavy (non-hydrogen) atoms. The summed E-state index contributed by atoms with van der Waals surface area (Å²) < 4.78 is 30.3. The van der Waals surface area contributed by atoms with Gasteiger partial charge in [0.05, 0.1) is 19.1 Å². The second-order valence-electron chi connectivity index (χ2n) is 5.65. The number of carbonyl (C=O) groups excluding carboxylic acids is 1. The molecule has 1 N–H and O–H groups in total. The van der Waals surface area contributed by atoms with Crippen molar-refractivity contribution in [3.8, 4) is 5.75 Å². The predicted octanol–water partition coefficient (Wildman–Crippen LogP) is 2.27. The zero-order chi connectivity index (χ0) is 17.3. The number of ether oxygens (including phenoxy) is 1. The molecule has 1 amide bonds. The van der Waals surface area contributed by atoms with Crippen LogP contribution in [0.3, 0.4) is 0 Å². The van der Waals surface area contributed by atoms with E-state index < -0.39 is 10.0 Å². The molecule has 0 aliphatic carbocycles. The Labute approximate surface area is 141 Å². The molecule has 0 spiro atoms. The minimum Gasteiger partial charge on any atom is -0.497 e. The number of sulfonamides is 1. The van der Waals surface area contributed by atoms with Gasteiger partial charge in [0, 0.05) is 17.8 Å². The average molecular weight is 346 g/mol. The summed E-state index contributed by atoms with van der Waals surface area (Å²) in [6, 6.07) is 12.2. The highest BCUT2D eigenvalue weighted by Crippen LogP contribution is 2.32. The van der Waals surface area contributed by atoms with Gasteiger partial charge in [0.25, 0.3) is 5.91 Å². The van der Waals surface area contributed by atoms with Gasteiger partial charge in [-0.3, -0.25) is 9.52 Å². The highest BCUT2D eigenvalue weighted by atomic mass is 32.2. The number of benzene rings is 2. The number of anilines is 2. The van der Waals surface area contributed by atoms with E-state index in [-0.39, 0.29) is 5.91 Å². The van der Waals surface area contributed by atoms with Crippen molar-refractivity contribution in [3.63, 3.8) is 0 Å². The van der Waals surface area contributed by atoms with Crippen LogP contribution in [0.25, 0.3) is 0 Å². The van der Waals surface area contributed by atoms with Gasteiger partial charge in [0.2, 0.25) is 10.0 Å². The molecule has 3 rings (SSSR count). The summed E-state index contributed by atoms with van der Waals surface area (Å²) >= 11 is 0. The van der Waals surface area contributed by atoms with E-state index in [1.54, 1.807) is 48.4 Å². The quantitative estimate of drug-likeness (QED) is 0.921. The van der Waals surface area contributed by atoms with E-state index in [2.05, 4.69) is 4.72 Å². The molecule has 1 aliphatic rings. The first-order valence-electron chi connectivity index (χ1n) is 7.44. The Kier molecular flexibility index (Phi) is 4.19. The third-order valence-electron chi connectivity index (χ3n) is 3.87. The van der Waals surface area contributed by atoms with Crippen LogP contribution in [0.15, 0.2) is 42.5 Å². The maximum absolute atomic E-state index is 12.8.